The van der Waals surface area contributed by atoms with Gasteiger partial charge in [-0.05, 0) is 55.2 Å². The first-order valence-corrected chi connectivity index (χ1v) is 13.1. The zero-order valence-electron chi connectivity index (χ0n) is 22.4. The van der Waals surface area contributed by atoms with Crippen molar-refractivity contribution in [3.05, 3.63) is 34.5 Å². The van der Waals surface area contributed by atoms with Crippen molar-refractivity contribution in [2.24, 2.45) is 11.3 Å². The van der Waals surface area contributed by atoms with Gasteiger partial charge in [-0.25, -0.2) is 0 Å². The molecule has 1 aliphatic heterocycles. The molecule has 2 aromatic rings. The number of amides is 2. The van der Waals surface area contributed by atoms with Crippen molar-refractivity contribution in [2.45, 2.75) is 80.0 Å². The van der Waals surface area contributed by atoms with Crippen LogP contribution >= 0.6 is 11.6 Å². The molecule has 1 N–H and O–H groups in total. The number of benzene rings is 1. The lowest BCUT2D eigenvalue weighted by Crippen LogP contribution is -2.50. The van der Waals surface area contributed by atoms with Gasteiger partial charge < -0.3 is 15.0 Å². The van der Waals surface area contributed by atoms with E-state index in [9.17, 15) is 18.4 Å². The van der Waals surface area contributed by atoms with Crippen molar-refractivity contribution in [3.63, 3.8) is 0 Å². The van der Waals surface area contributed by atoms with Gasteiger partial charge >= 0.3 is 6.61 Å². The van der Waals surface area contributed by atoms with Crippen LogP contribution in [-0.4, -0.2) is 52.2 Å². The highest BCUT2D eigenvalue weighted by Gasteiger charge is 2.30. The van der Waals surface area contributed by atoms with E-state index in [1.807, 2.05) is 13.0 Å². The van der Waals surface area contributed by atoms with Gasteiger partial charge in [-0.2, -0.15) is 13.9 Å². The Bertz CT molecular complexity index is 1130. The molecule has 0 bridgehead atoms. The summed E-state index contributed by atoms with van der Waals surface area (Å²) >= 11 is 6.66. The lowest BCUT2D eigenvalue weighted by molar-refractivity contribution is -0.133. The highest BCUT2D eigenvalue weighted by Crippen LogP contribution is 2.39. The van der Waals surface area contributed by atoms with Crippen LogP contribution in [0, 0.1) is 11.3 Å². The van der Waals surface area contributed by atoms with E-state index in [-0.39, 0.29) is 40.4 Å². The molecular weight excluding hydrogens is 502 g/mol. The molecule has 0 radical (unpaired) electrons. The molecule has 1 fully saturated rings. The Labute approximate surface area is 222 Å². The number of nitrogens with zero attached hydrogens (tertiary/aromatic N) is 3. The second-order valence-electron chi connectivity index (χ2n) is 11.0. The fraction of sp³-hybridized carbons (Fsp3) is 0.593. The number of carbonyl (C=O) groups is 2. The van der Waals surface area contributed by atoms with Crippen LogP contribution in [0.2, 0.25) is 5.02 Å². The predicted molar refractivity (Wildman–Crippen MR) is 140 cm³/mol. The lowest BCUT2D eigenvalue weighted by Gasteiger charge is -2.38. The SMILES string of the molecule is CCn1nc(C(=O)NC[C@@H]2CC[C@@H](C)CN2C(C)=O)c(Cl)c1-c1ccc(CC(C)(C)C)cc1OC(F)F. The minimum atomic E-state index is -3.02. The first kappa shape index (κ1) is 28.9. The van der Waals surface area contributed by atoms with Gasteiger partial charge in [-0.1, -0.05) is 45.4 Å². The van der Waals surface area contributed by atoms with Gasteiger partial charge in [0, 0.05) is 38.2 Å². The molecule has 7 nitrogen and oxygen atoms in total. The monoisotopic (exact) mass is 538 g/mol. The number of likely N-dealkylation sites (tertiary alicyclic amines) is 1. The third kappa shape index (κ3) is 7.21. The van der Waals surface area contributed by atoms with Gasteiger partial charge in [0.2, 0.25) is 5.91 Å². The normalized spacial score (nSPS) is 18.3. The zero-order valence-corrected chi connectivity index (χ0v) is 23.2. The Hall–Kier alpha value is -2.68. The molecule has 10 heteroatoms. The molecule has 1 aromatic carbocycles. The van der Waals surface area contributed by atoms with Gasteiger partial charge in [-0.3, -0.25) is 14.3 Å². The summed E-state index contributed by atoms with van der Waals surface area (Å²) < 4.78 is 33.0. The van der Waals surface area contributed by atoms with Crippen LogP contribution in [-0.2, 0) is 17.8 Å². The number of aromatic nitrogens is 2. The van der Waals surface area contributed by atoms with Crippen LogP contribution in [0.1, 0.15) is 70.4 Å². The fourth-order valence-electron chi connectivity index (χ4n) is 4.85. The predicted octanol–water partition coefficient (Wildman–Crippen LogP) is 5.79. The number of ether oxygens (including phenoxy) is 1. The van der Waals surface area contributed by atoms with E-state index in [0.717, 1.165) is 18.4 Å². The largest absolute Gasteiger partial charge is 0.434 e. The Kier molecular flexibility index (Phi) is 9.21. The number of halogens is 3. The zero-order chi connectivity index (χ0) is 27.5. The molecule has 0 unspecified atom stereocenters. The van der Waals surface area contributed by atoms with Crippen molar-refractivity contribution in [2.75, 3.05) is 13.1 Å². The van der Waals surface area contributed by atoms with Crippen molar-refractivity contribution in [1.82, 2.24) is 20.0 Å². The maximum absolute atomic E-state index is 13.3. The van der Waals surface area contributed by atoms with E-state index in [4.69, 9.17) is 16.3 Å². The molecule has 204 valence electrons. The molecule has 1 saturated heterocycles. The topological polar surface area (TPSA) is 76.5 Å². The van der Waals surface area contributed by atoms with E-state index < -0.39 is 12.5 Å². The quantitative estimate of drug-likeness (QED) is 0.461. The molecule has 0 spiro atoms. The molecular formula is C27H37ClF2N4O3. The smallest absolute Gasteiger partial charge is 0.387 e. The Morgan fingerprint density at radius 1 is 1.27 bits per heavy atom. The second-order valence-corrected chi connectivity index (χ2v) is 11.4. The number of aryl methyl sites for hydroxylation is 1. The van der Waals surface area contributed by atoms with Crippen LogP contribution in [0.15, 0.2) is 18.2 Å². The summed E-state index contributed by atoms with van der Waals surface area (Å²) in [5.74, 6) is -0.120. The number of rotatable bonds is 8. The summed E-state index contributed by atoms with van der Waals surface area (Å²) in [5.41, 5.74) is 1.47. The summed E-state index contributed by atoms with van der Waals surface area (Å²) in [6, 6.07) is 5.02. The van der Waals surface area contributed by atoms with E-state index in [0.29, 0.717) is 36.7 Å². The van der Waals surface area contributed by atoms with Gasteiger partial charge in [0.1, 0.15) is 5.75 Å². The van der Waals surface area contributed by atoms with Crippen molar-refractivity contribution >= 4 is 23.4 Å². The van der Waals surface area contributed by atoms with E-state index >= 15 is 0 Å². The molecule has 0 aliphatic carbocycles. The number of piperidine rings is 1. The highest BCUT2D eigenvalue weighted by atomic mass is 35.5. The Morgan fingerprint density at radius 2 is 1.97 bits per heavy atom. The molecule has 0 saturated carbocycles. The van der Waals surface area contributed by atoms with Gasteiger partial charge in [-0.15, -0.1) is 0 Å². The minimum absolute atomic E-state index is 0.00108. The lowest BCUT2D eigenvalue weighted by atomic mass is 9.87. The summed E-state index contributed by atoms with van der Waals surface area (Å²) in [6.07, 6.45) is 2.43. The van der Waals surface area contributed by atoms with Gasteiger partial charge in [0.15, 0.2) is 5.69 Å². The fourth-order valence-corrected chi connectivity index (χ4v) is 5.17. The molecule has 2 heterocycles. The average molecular weight is 539 g/mol. The molecule has 1 aromatic heterocycles. The number of hydrogen-bond donors (Lipinski definition) is 1. The second kappa shape index (κ2) is 11.8. The molecule has 37 heavy (non-hydrogen) atoms. The van der Waals surface area contributed by atoms with Crippen molar-refractivity contribution in [3.8, 4) is 17.0 Å². The third-order valence-corrected chi connectivity index (χ3v) is 6.86. The molecule has 1 aliphatic rings. The van der Waals surface area contributed by atoms with Crippen LogP contribution in [0.4, 0.5) is 8.78 Å². The minimum Gasteiger partial charge on any atom is -0.434 e. The number of carbonyl (C=O) groups excluding carboxylic acids is 2. The van der Waals surface area contributed by atoms with Crippen LogP contribution in [0.5, 0.6) is 5.75 Å². The van der Waals surface area contributed by atoms with E-state index in [1.54, 1.807) is 17.0 Å². The maximum Gasteiger partial charge on any atom is 0.387 e. The van der Waals surface area contributed by atoms with E-state index in [1.165, 1.54) is 11.6 Å². The third-order valence-electron chi connectivity index (χ3n) is 6.51. The Morgan fingerprint density at radius 3 is 2.57 bits per heavy atom. The molecule has 3 rings (SSSR count). The van der Waals surface area contributed by atoms with E-state index in [2.05, 4.69) is 38.1 Å². The highest BCUT2D eigenvalue weighted by molar-refractivity contribution is 6.36. The number of hydrogen-bond acceptors (Lipinski definition) is 4. The van der Waals surface area contributed by atoms with Gasteiger partial charge in [0.25, 0.3) is 5.91 Å². The van der Waals surface area contributed by atoms with Crippen LogP contribution in [0.3, 0.4) is 0 Å². The number of nitrogens with one attached hydrogen (secondary N) is 1. The Balaban J connectivity index is 1.90. The summed E-state index contributed by atoms with van der Waals surface area (Å²) in [7, 11) is 0. The van der Waals surface area contributed by atoms with Crippen molar-refractivity contribution < 1.29 is 23.1 Å². The first-order chi connectivity index (χ1) is 17.3. The van der Waals surface area contributed by atoms with Crippen LogP contribution < -0.4 is 10.1 Å². The summed E-state index contributed by atoms with van der Waals surface area (Å²) in [4.78, 5) is 27.0. The average Bonchev–Trinajstić information content (AvgIpc) is 3.13. The summed E-state index contributed by atoms with van der Waals surface area (Å²) in [6.45, 7) is 9.91. The maximum atomic E-state index is 13.3. The standard InChI is InChI=1S/C27H37ClF2N4O3/c1-7-34-24(20-11-9-18(13-27(4,5)6)12-21(20)37-26(29)30)22(28)23(32-34)25(36)31-14-19-10-8-16(2)15-33(19)17(3)35/h9,11-12,16,19,26H,7-8,10,13-15H2,1-6H3,(H,31,36)/t16-,19+/m1/s1. The summed E-state index contributed by atoms with van der Waals surface area (Å²) in [5, 5.41) is 7.31. The van der Waals surface area contributed by atoms with Crippen LogP contribution in [0.25, 0.3) is 11.3 Å². The molecule has 2 atom stereocenters. The molecule has 2 amide bonds. The number of alkyl halides is 2. The van der Waals surface area contributed by atoms with Crippen molar-refractivity contribution in [1.29, 1.82) is 0 Å². The van der Waals surface area contributed by atoms with Gasteiger partial charge in [0.05, 0.1) is 10.7 Å². The first-order valence-electron chi connectivity index (χ1n) is 12.7.